The van der Waals surface area contributed by atoms with Gasteiger partial charge >= 0.3 is 6.03 Å². The molecule has 20 heavy (non-hydrogen) atoms. The van der Waals surface area contributed by atoms with E-state index in [0.29, 0.717) is 12.3 Å². The fourth-order valence-electron chi connectivity index (χ4n) is 2.81. The highest BCUT2D eigenvalue weighted by Crippen LogP contribution is 2.27. The highest BCUT2D eigenvalue weighted by molar-refractivity contribution is 7.99. The molecule has 1 aliphatic heterocycles. The van der Waals surface area contributed by atoms with Crippen molar-refractivity contribution in [1.29, 1.82) is 0 Å². The van der Waals surface area contributed by atoms with Gasteiger partial charge in [0.15, 0.2) is 0 Å². The number of aryl methyl sites for hydroxylation is 2. The van der Waals surface area contributed by atoms with Crippen LogP contribution < -0.4 is 10.6 Å². The van der Waals surface area contributed by atoms with Gasteiger partial charge in [-0.15, -0.1) is 0 Å². The number of hydrogen-bond donors (Lipinski definition) is 3. The Morgan fingerprint density at radius 3 is 3.00 bits per heavy atom. The van der Waals surface area contributed by atoms with Gasteiger partial charge < -0.3 is 15.7 Å². The zero-order valence-corrected chi connectivity index (χ0v) is 12.3. The highest BCUT2D eigenvalue weighted by Gasteiger charge is 2.31. The molecule has 0 spiro atoms. The van der Waals surface area contributed by atoms with Crippen LogP contribution in [-0.4, -0.2) is 34.8 Å². The Labute approximate surface area is 123 Å². The zero-order valence-electron chi connectivity index (χ0n) is 11.4. The first kappa shape index (κ1) is 13.8. The molecule has 1 heterocycles. The number of urea groups is 1. The monoisotopic (exact) mass is 292 g/mol. The number of amides is 2. The van der Waals surface area contributed by atoms with Gasteiger partial charge in [0.2, 0.25) is 0 Å². The van der Waals surface area contributed by atoms with Gasteiger partial charge in [0.25, 0.3) is 0 Å². The maximum Gasteiger partial charge on any atom is 0.319 e. The molecule has 1 unspecified atom stereocenters. The molecule has 0 aromatic heterocycles. The average Bonchev–Trinajstić information content (AvgIpc) is 3.05. The molecule has 3 N–H and O–H groups in total. The second-order valence-corrected chi connectivity index (χ2v) is 6.78. The molecule has 2 aliphatic rings. The van der Waals surface area contributed by atoms with Gasteiger partial charge in [-0.2, -0.15) is 11.8 Å². The SMILES string of the molecule is O=C(NCC1(O)CCSC1)Nc1ccc2c(c1)CCC2. The van der Waals surface area contributed by atoms with Crippen LogP contribution in [-0.2, 0) is 12.8 Å². The van der Waals surface area contributed by atoms with E-state index < -0.39 is 5.60 Å². The van der Waals surface area contributed by atoms with E-state index in [1.54, 1.807) is 11.8 Å². The van der Waals surface area contributed by atoms with Crippen molar-refractivity contribution in [2.45, 2.75) is 31.3 Å². The first-order valence-electron chi connectivity index (χ1n) is 7.11. The van der Waals surface area contributed by atoms with Crippen LogP contribution >= 0.6 is 11.8 Å². The summed E-state index contributed by atoms with van der Waals surface area (Å²) in [5.74, 6) is 1.66. The van der Waals surface area contributed by atoms with Gasteiger partial charge in [0.1, 0.15) is 0 Å². The molecule has 4 nitrogen and oxygen atoms in total. The third-order valence-corrected chi connectivity index (χ3v) is 5.25. The number of benzene rings is 1. The molecule has 1 aromatic rings. The van der Waals surface area contributed by atoms with E-state index in [4.69, 9.17) is 0 Å². The second-order valence-electron chi connectivity index (χ2n) is 5.67. The molecule has 2 amide bonds. The Kier molecular flexibility index (Phi) is 3.89. The van der Waals surface area contributed by atoms with E-state index in [0.717, 1.165) is 30.7 Å². The van der Waals surface area contributed by atoms with Crippen molar-refractivity contribution in [3.8, 4) is 0 Å². The highest BCUT2D eigenvalue weighted by atomic mass is 32.2. The van der Waals surface area contributed by atoms with E-state index in [-0.39, 0.29) is 6.03 Å². The number of hydrogen-bond acceptors (Lipinski definition) is 3. The summed E-state index contributed by atoms with van der Waals surface area (Å²) in [6.07, 6.45) is 4.20. The molecule has 1 saturated heterocycles. The minimum Gasteiger partial charge on any atom is -0.387 e. The molecule has 5 heteroatoms. The number of fused-ring (bicyclic) bond motifs is 1. The Morgan fingerprint density at radius 2 is 2.20 bits per heavy atom. The second kappa shape index (κ2) is 5.66. The van der Waals surface area contributed by atoms with E-state index in [1.807, 2.05) is 6.07 Å². The lowest BCUT2D eigenvalue weighted by atomic mass is 10.0. The summed E-state index contributed by atoms with van der Waals surface area (Å²) in [4.78, 5) is 11.9. The Morgan fingerprint density at radius 1 is 1.35 bits per heavy atom. The maximum absolute atomic E-state index is 11.9. The van der Waals surface area contributed by atoms with E-state index in [1.165, 1.54) is 17.5 Å². The van der Waals surface area contributed by atoms with Crippen molar-refractivity contribution in [3.63, 3.8) is 0 Å². The average molecular weight is 292 g/mol. The van der Waals surface area contributed by atoms with Gasteiger partial charge in [0.05, 0.1) is 5.60 Å². The van der Waals surface area contributed by atoms with Crippen molar-refractivity contribution >= 4 is 23.5 Å². The van der Waals surface area contributed by atoms with Crippen LogP contribution in [0.15, 0.2) is 18.2 Å². The summed E-state index contributed by atoms with van der Waals surface area (Å²) >= 11 is 1.73. The van der Waals surface area contributed by atoms with Crippen molar-refractivity contribution in [1.82, 2.24) is 5.32 Å². The van der Waals surface area contributed by atoms with Crippen LogP contribution in [0.3, 0.4) is 0 Å². The van der Waals surface area contributed by atoms with Crippen LogP contribution in [0.2, 0.25) is 0 Å². The Hall–Kier alpha value is -1.20. The number of anilines is 1. The number of aliphatic hydroxyl groups is 1. The summed E-state index contributed by atoms with van der Waals surface area (Å²) in [6, 6.07) is 5.86. The Balaban J connectivity index is 1.53. The molecular formula is C15H20N2O2S. The number of thioether (sulfide) groups is 1. The standard InChI is InChI=1S/C15H20N2O2S/c18-14(16-9-15(19)6-7-20-10-15)17-13-5-4-11-2-1-3-12(11)8-13/h4-5,8,19H,1-3,6-7,9-10H2,(H2,16,17,18). The van der Waals surface area contributed by atoms with Gasteiger partial charge in [-0.1, -0.05) is 6.07 Å². The smallest absolute Gasteiger partial charge is 0.319 e. The molecule has 1 fully saturated rings. The number of nitrogens with one attached hydrogen (secondary N) is 2. The third kappa shape index (κ3) is 3.10. The normalized spacial score (nSPS) is 24.4. The number of carbonyl (C=O) groups is 1. The van der Waals surface area contributed by atoms with Crippen LogP contribution in [0.5, 0.6) is 0 Å². The van der Waals surface area contributed by atoms with Crippen LogP contribution in [0, 0.1) is 0 Å². The van der Waals surface area contributed by atoms with Crippen molar-refractivity contribution in [2.75, 3.05) is 23.4 Å². The summed E-state index contributed by atoms with van der Waals surface area (Å²) < 4.78 is 0. The van der Waals surface area contributed by atoms with Gasteiger partial charge in [-0.05, 0) is 54.7 Å². The minimum absolute atomic E-state index is 0.242. The minimum atomic E-state index is -0.736. The molecule has 0 radical (unpaired) electrons. The van der Waals surface area contributed by atoms with Crippen molar-refractivity contribution in [3.05, 3.63) is 29.3 Å². The fourth-order valence-corrected chi connectivity index (χ4v) is 4.10. The van der Waals surface area contributed by atoms with Gasteiger partial charge in [-0.3, -0.25) is 0 Å². The first-order valence-corrected chi connectivity index (χ1v) is 8.27. The van der Waals surface area contributed by atoms with Gasteiger partial charge in [0, 0.05) is 18.0 Å². The summed E-state index contributed by atoms with van der Waals surface area (Å²) in [5.41, 5.74) is 2.83. The van der Waals surface area contributed by atoms with Gasteiger partial charge in [-0.25, -0.2) is 4.79 Å². The summed E-state index contributed by atoms with van der Waals surface area (Å²) in [6.45, 7) is 0.316. The lowest BCUT2D eigenvalue weighted by molar-refractivity contribution is 0.0706. The Bertz CT molecular complexity index is 513. The molecule has 3 rings (SSSR count). The van der Waals surface area contributed by atoms with Crippen LogP contribution in [0.4, 0.5) is 10.5 Å². The quantitative estimate of drug-likeness (QED) is 0.800. The summed E-state index contributed by atoms with van der Waals surface area (Å²) in [5, 5.41) is 15.8. The van der Waals surface area contributed by atoms with E-state index >= 15 is 0 Å². The predicted octanol–water partition coefficient (Wildman–Crippen LogP) is 2.16. The van der Waals surface area contributed by atoms with E-state index in [9.17, 15) is 9.90 Å². The summed E-state index contributed by atoms with van der Waals surface area (Å²) in [7, 11) is 0. The molecule has 108 valence electrons. The molecule has 1 atom stereocenters. The lowest BCUT2D eigenvalue weighted by Gasteiger charge is -2.21. The zero-order chi connectivity index (χ0) is 14.0. The number of carbonyl (C=O) groups excluding carboxylic acids is 1. The molecule has 1 aromatic carbocycles. The fraction of sp³-hybridized carbons (Fsp3) is 0.533. The molecule has 1 aliphatic carbocycles. The van der Waals surface area contributed by atoms with Crippen LogP contribution in [0.1, 0.15) is 24.0 Å². The van der Waals surface area contributed by atoms with Crippen LogP contribution in [0.25, 0.3) is 0 Å². The predicted molar refractivity (Wildman–Crippen MR) is 82.4 cm³/mol. The van der Waals surface area contributed by atoms with Crippen molar-refractivity contribution < 1.29 is 9.90 Å². The molecule has 0 bridgehead atoms. The first-order chi connectivity index (χ1) is 9.65. The number of rotatable bonds is 3. The molecule has 0 saturated carbocycles. The molecular weight excluding hydrogens is 272 g/mol. The third-order valence-electron chi connectivity index (χ3n) is 4.02. The lowest BCUT2D eigenvalue weighted by Crippen LogP contribution is -2.44. The largest absolute Gasteiger partial charge is 0.387 e. The van der Waals surface area contributed by atoms with E-state index in [2.05, 4.69) is 22.8 Å². The van der Waals surface area contributed by atoms with Crippen molar-refractivity contribution in [2.24, 2.45) is 0 Å². The topological polar surface area (TPSA) is 61.4 Å². The maximum atomic E-state index is 11.9.